The number of hydrogen-bond donors (Lipinski definition) is 1. The van der Waals surface area contributed by atoms with E-state index in [1.807, 2.05) is 6.08 Å². The fourth-order valence-corrected chi connectivity index (χ4v) is 3.31. The van der Waals surface area contributed by atoms with Gasteiger partial charge in [0.2, 0.25) is 0 Å². The lowest BCUT2D eigenvalue weighted by Crippen LogP contribution is -2.36. The van der Waals surface area contributed by atoms with Crippen LogP contribution in [0.1, 0.15) is 77.6 Å². The number of hydrogen-bond acceptors (Lipinski definition) is 1. The summed E-state index contributed by atoms with van der Waals surface area (Å²) in [5.74, 6) is 0.951. The van der Waals surface area contributed by atoms with Gasteiger partial charge in [0.15, 0.2) is 0 Å². The molecular weight excluding hydrogens is 218 g/mol. The highest BCUT2D eigenvalue weighted by Crippen LogP contribution is 2.27. The second-order valence-electron chi connectivity index (χ2n) is 5.84. The molecule has 1 N–H and O–H groups in total. The summed E-state index contributed by atoms with van der Waals surface area (Å²) in [6.07, 6.45) is 17.5. The molecule has 0 spiro atoms. The molecule has 0 aromatic carbocycles. The van der Waals surface area contributed by atoms with Gasteiger partial charge < -0.3 is 5.32 Å². The standard InChI is InChI=1S/C17H33N/c1-3-5-6-7-12-15-17(18-4-2)16-13-10-8-9-11-14-16/h3,16-18H,1,4-15H2,2H3. The summed E-state index contributed by atoms with van der Waals surface area (Å²) in [6.45, 7) is 7.18. The van der Waals surface area contributed by atoms with Gasteiger partial charge in [0.1, 0.15) is 0 Å². The molecule has 1 aliphatic carbocycles. The van der Waals surface area contributed by atoms with Gasteiger partial charge in [-0.15, -0.1) is 6.58 Å². The molecule has 1 saturated carbocycles. The fourth-order valence-electron chi connectivity index (χ4n) is 3.31. The Labute approximate surface area is 114 Å². The van der Waals surface area contributed by atoms with Crippen molar-refractivity contribution >= 4 is 0 Å². The Kier molecular flexibility index (Phi) is 9.28. The zero-order valence-electron chi connectivity index (χ0n) is 12.4. The molecule has 0 aromatic heterocycles. The first-order valence-electron chi connectivity index (χ1n) is 8.22. The first-order valence-corrected chi connectivity index (χ1v) is 8.22. The molecule has 0 radical (unpaired) electrons. The van der Waals surface area contributed by atoms with Crippen molar-refractivity contribution in [1.82, 2.24) is 5.32 Å². The van der Waals surface area contributed by atoms with Crippen LogP contribution in [0.5, 0.6) is 0 Å². The Bertz CT molecular complexity index is 192. The maximum Gasteiger partial charge on any atom is 0.00952 e. The molecule has 0 aliphatic heterocycles. The van der Waals surface area contributed by atoms with Crippen LogP contribution in [-0.2, 0) is 0 Å². The highest BCUT2D eigenvalue weighted by Gasteiger charge is 2.21. The van der Waals surface area contributed by atoms with Gasteiger partial charge in [-0.25, -0.2) is 0 Å². The van der Waals surface area contributed by atoms with E-state index in [-0.39, 0.29) is 0 Å². The van der Waals surface area contributed by atoms with Crippen LogP contribution in [0.3, 0.4) is 0 Å². The van der Waals surface area contributed by atoms with E-state index in [0.717, 1.165) is 18.5 Å². The summed E-state index contributed by atoms with van der Waals surface area (Å²) >= 11 is 0. The summed E-state index contributed by atoms with van der Waals surface area (Å²) in [5, 5.41) is 3.75. The van der Waals surface area contributed by atoms with Gasteiger partial charge >= 0.3 is 0 Å². The largest absolute Gasteiger partial charge is 0.314 e. The molecule has 1 unspecified atom stereocenters. The maximum atomic E-state index is 3.79. The van der Waals surface area contributed by atoms with Crippen molar-refractivity contribution in [3.05, 3.63) is 12.7 Å². The van der Waals surface area contributed by atoms with Gasteiger partial charge in [-0.1, -0.05) is 51.5 Å². The average molecular weight is 251 g/mol. The fraction of sp³-hybridized carbons (Fsp3) is 0.882. The minimum absolute atomic E-state index is 0.789. The Morgan fingerprint density at radius 3 is 2.44 bits per heavy atom. The van der Waals surface area contributed by atoms with Crippen LogP contribution < -0.4 is 5.32 Å². The molecule has 0 heterocycles. The minimum atomic E-state index is 0.789. The third-order valence-electron chi connectivity index (χ3n) is 4.36. The van der Waals surface area contributed by atoms with E-state index in [0.29, 0.717) is 0 Å². The summed E-state index contributed by atoms with van der Waals surface area (Å²) in [7, 11) is 0. The number of unbranched alkanes of at least 4 members (excludes halogenated alkanes) is 3. The van der Waals surface area contributed by atoms with Crippen molar-refractivity contribution < 1.29 is 0 Å². The number of allylic oxidation sites excluding steroid dienone is 1. The molecule has 1 aliphatic rings. The zero-order valence-corrected chi connectivity index (χ0v) is 12.4. The van der Waals surface area contributed by atoms with E-state index in [2.05, 4.69) is 18.8 Å². The second-order valence-corrected chi connectivity index (χ2v) is 5.84. The average Bonchev–Trinajstić information content (AvgIpc) is 2.66. The third-order valence-corrected chi connectivity index (χ3v) is 4.36. The van der Waals surface area contributed by atoms with Crippen molar-refractivity contribution in [2.24, 2.45) is 5.92 Å². The molecule has 18 heavy (non-hydrogen) atoms. The van der Waals surface area contributed by atoms with Gasteiger partial charge in [0.05, 0.1) is 0 Å². The monoisotopic (exact) mass is 251 g/mol. The lowest BCUT2D eigenvalue weighted by Gasteiger charge is -2.27. The van der Waals surface area contributed by atoms with Crippen molar-refractivity contribution in [2.75, 3.05) is 6.54 Å². The van der Waals surface area contributed by atoms with Gasteiger partial charge in [0, 0.05) is 6.04 Å². The van der Waals surface area contributed by atoms with Crippen LogP contribution in [0.25, 0.3) is 0 Å². The highest BCUT2D eigenvalue weighted by molar-refractivity contribution is 4.78. The molecular formula is C17H33N. The summed E-state index contributed by atoms with van der Waals surface area (Å²) in [6, 6.07) is 0.789. The minimum Gasteiger partial charge on any atom is -0.314 e. The quantitative estimate of drug-likeness (QED) is 0.343. The molecule has 1 fully saturated rings. The van der Waals surface area contributed by atoms with Crippen LogP contribution in [-0.4, -0.2) is 12.6 Å². The molecule has 106 valence electrons. The Hall–Kier alpha value is -0.300. The lowest BCUT2D eigenvalue weighted by atomic mass is 9.88. The first kappa shape index (κ1) is 15.8. The Morgan fingerprint density at radius 1 is 1.11 bits per heavy atom. The lowest BCUT2D eigenvalue weighted by molar-refractivity contribution is 0.301. The molecule has 1 nitrogen and oxygen atoms in total. The van der Waals surface area contributed by atoms with Crippen molar-refractivity contribution in [3.63, 3.8) is 0 Å². The van der Waals surface area contributed by atoms with Crippen LogP contribution in [0.15, 0.2) is 12.7 Å². The summed E-state index contributed by atoms with van der Waals surface area (Å²) in [5.41, 5.74) is 0. The van der Waals surface area contributed by atoms with Gasteiger partial charge in [0.25, 0.3) is 0 Å². The van der Waals surface area contributed by atoms with Gasteiger partial charge in [-0.05, 0) is 44.6 Å². The van der Waals surface area contributed by atoms with Crippen LogP contribution >= 0.6 is 0 Å². The van der Waals surface area contributed by atoms with Crippen LogP contribution in [0.2, 0.25) is 0 Å². The second kappa shape index (κ2) is 10.6. The maximum absolute atomic E-state index is 3.79. The van der Waals surface area contributed by atoms with Gasteiger partial charge in [-0.2, -0.15) is 0 Å². The normalized spacial score (nSPS) is 19.4. The Morgan fingerprint density at radius 2 is 1.83 bits per heavy atom. The third kappa shape index (κ3) is 6.58. The van der Waals surface area contributed by atoms with E-state index in [4.69, 9.17) is 0 Å². The molecule has 1 atom stereocenters. The topological polar surface area (TPSA) is 12.0 Å². The van der Waals surface area contributed by atoms with E-state index in [1.54, 1.807) is 0 Å². The molecule has 0 saturated heterocycles. The predicted octanol–water partition coefficient (Wildman–Crippen LogP) is 5.07. The van der Waals surface area contributed by atoms with E-state index < -0.39 is 0 Å². The number of nitrogens with one attached hydrogen (secondary N) is 1. The molecule has 0 aromatic rings. The number of rotatable bonds is 9. The molecule has 1 heteroatoms. The van der Waals surface area contributed by atoms with Crippen molar-refractivity contribution in [1.29, 1.82) is 0 Å². The van der Waals surface area contributed by atoms with Crippen molar-refractivity contribution in [2.45, 2.75) is 83.6 Å². The SMILES string of the molecule is C=CCCCCCC(NCC)C1CCCCCC1. The van der Waals surface area contributed by atoms with E-state index >= 15 is 0 Å². The highest BCUT2D eigenvalue weighted by atomic mass is 14.9. The van der Waals surface area contributed by atoms with Gasteiger partial charge in [-0.3, -0.25) is 0 Å². The zero-order chi connectivity index (χ0) is 13.1. The Balaban J connectivity index is 2.25. The van der Waals surface area contributed by atoms with Crippen molar-refractivity contribution in [3.8, 4) is 0 Å². The molecule has 0 amide bonds. The molecule has 1 rings (SSSR count). The summed E-state index contributed by atoms with van der Waals surface area (Å²) in [4.78, 5) is 0. The first-order chi connectivity index (χ1) is 8.88. The predicted molar refractivity (Wildman–Crippen MR) is 81.9 cm³/mol. The van der Waals surface area contributed by atoms with Crippen LogP contribution in [0, 0.1) is 5.92 Å². The molecule has 0 bridgehead atoms. The van der Waals surface area contributed by atoms with Crippen LogP contribution in [0.4, 0.5) is 0 Å². The summed E-state index contributed by atoms with van der Waals surface area (Å²) < 4.78 is 0. The smallest absolute Gasteiger partial charge is 0.00952 e. The van der Waals surface area contributed by atoms with E-state index in [1.165, 1.54) is 70.6 Å². The van der Waals surface area contributed by atoms with E-state index in [9.17, 15) is 0 Å².